The Hall–Kier alpha value is -3.35. The summed E-state index contributed by atoms with van der Waals surface area (Å²) < 4.78 is 6.89. The Morgan fingerprint density at radius 1 is 1.22 bits per heavy atom. The Balaban J connectivity index is 1.69. The Labute approximate surface area is 157 Å². The second kappa shape index (κ2) is 7.90. The van der Waals surface area contributed by atoms with Crippen molar-refractivity contribution in [3.63, 3.8) is 0 Å². The van der Waals surface area contributed by atoms with E-state index in [-0.39, 0.29) is 18.4 Å². The van der Waals surface area contributed by atoms with Gasteiger partial charge in [-0.3, -0.25) is 9.59 Å². The standard InChI is InChI=1S/C20H22N4O3/c1-4-23(13-19(25)21-15-5-7-16(27-3)8-6-15)20(26)17-12-24-10-9-14(2)11-18(24)22-17/h5-12H,4,13H2,1-3H3,(H,21,25). The van der Waals surface area contributed by atoms with Crippen LogP contribution in [0.2, 0.25) is 0 Å². The highest BCUT2D eigenvalue weighted by atomic mass is 16.5. The Morgan fingerprint density at radius 2 is 1.96 bits per heavy atom. The Morgan fingerprint density at radius 3 is 2.63 bits per heavy atom. The normalized spacial score (nSPS) is 10.6. The number of rotatable bonds is 6. The molecule has 0 aliphatic rings. The maximum absolute atomic E-state index is 12.8. The molecule has 0 aliphatic heterocycles. The van der Waals surface area contributed by atoms with Gasteiger partial charge in [-0.05, 0) is 55.8 Å². The van der Waals surface area contributed by atoms with Crippen LogP contribution in [-0.4, -0.2) is 46.3 Å². The second-order valence-electron chi connectivity index (χ2n) is 6.19. The molecule has 2 amide bonds. The van der Waals surface area contributed by atoms with E-state index in [4.69, 9.17) is 4.74 Å². The number of carbonyl (C=O) groups is 2. The third kappa shape index (κ3) is 4.25. The van der Waals surface area contributed by atoms with Crippen molar-refractivity contribution in [3.05, 3.63) is 60.0 Å². The van der Waals surface area contributed by atoms with Crippen molar-refractivity contribution >= 4 is 23.1 Å². The molecule has 140 valence electrons. The quantitative estimate of drug-likeness (QED) is 0.728. The number of amides is 2. The monoisotopic (exact) mass is 366 g/mol. The zero-order valence-corrected chi connectivity index (χ0v) is 15.6. The number of likely N-dealkylation sites (N-methyl/N-ethyl adjacent to an activating group) is 1. The van der Waals surface area contributed by atoms with Gasteiger partial charge in [-0.15, -0.1) is 0 Å². The summed E-state index contributed by atoms with van der Waals surface area (Å²) in [4.78, 5) is 30.9. The number of carbonyl (C=O) groups excluding carboxylic acids is 2. The lowest BCUT2D eigenvalue weighted by molar-refractivity contribution is -0.116. The van der Waals surface area contributed by atoms with E-state index in [9.17, 15) is 9.59 Å². The van der Waals surface area contributed by atoms with Gasteiger partial charge in [0.05, 0.1) is 7.11 Å². The molecule has 0 saturated heterocycles. The minimum Gasteiger partial charge on any atom is -0.497 e. The number of anilines is 1. The lowest BCUT2D eigenvalue weighted by Gasteiger charge is -2.19. The number of benzene rings is 1. The van der Waals surface area contributed by atoms with Crippen LogP contribution in [0.3, 0.4) is 0 Å². The summed E-state index contributed by atoms with van der Waals surface area (Å²) in [5, 5.41) is 2.78. The van der Waals surface area contributed by atoms with Gasteiger partial charge < -0.3 is 19.4 Å². The molecule has 1 N–H and O–H groups in total. The van der Waals surface area contributed by atoms with Gasteiger partial charge in [0.1, 0.15) is 23.6 Å². The van der Waals surface area contributed by atoms with Crippen molar-refractivity contribution < 1.29 is 14.3 Å². The second-order valence-corrected chi connectivity index (χ2v) is 6.19. The molecule has 0 unspecified atom stereocenters. The van der Waals surface area contributed by atoms with Crippen molar-refractivity contribution in [3.8, 4) is 5.75 Å². The number of aryl methyl sites for hydroxylation is 1. The van der Waals surface area contributed by atoms with Crippen LogP contribution in [0.4, 0.5) is 5.69 Å². The van der Waals surface area contributed by atoms with E-state index in [0.717, 1.165) is 5.56 Å². The van der Waals surface area contributed by atoms with Gasteiger partial charge in [0.15, 0.2) is 0 Å². The van der Waals surface area contributed by atoms with E-state index in [0.29, 0.717) is 29.3 Å². The van der Waals surface area contributed by atoms with Crippen molar-refractivity contribution in [2.75, 3.05) is 25.5 Å². The molecular formula is C20H22N4O3. The van der Waals surface area contributed by atoms with Crippen molar-refractivity contribution in [2.24, 2.45) is 0 Å². The zero-order chi connectivity index (χ0) is 19.4. The van der Waals surface area contributed by atoms with Gasteiger partial charge in [0, 0.05) is 24.6 Å². The lowest BCUT2D eigenvalue weighted by atomic mass is 10.3. The molecule has 0 fully saturated rings. The molecule has 0 bridgehead atoms. The Kier molecular flexibility index (Phi) is 5.40. The first-order valence-electron chi connectivity index (χ1n) is 8.68. The topological polar surface area (TPSA) is 75.9 Å². The summed E-state index contributed by atoms with van der Waals surface area (Å²) in [5.41, 5.74) is 2.74. The first-order chi connectivity index (χ1) is 13.0. The van der Waals surface area contributed by atoms with E-state index >= 15 is 0 Å². The smallest absolute Gasteiger partial charge is 0.274 e. The first-order valence-corrected chi connectivity index (χ1v) is 8.68. The molecule has 0 saturated carbocycles. The van der Waals surface area contributed by atoms with Crippen LogP contribution in [-0.2, 0) is 4.79 Å². The van der Waals surface area contributed by atoms with E-state index in [1.54, 1.807) is 42.0 Å². The molecular weight excluding hydrogens is 344 g/mol. The van der Waals surface area contributed by atoms with Crippen LogP contribution >= 0.6 is 0 Å². The van der Waals surface area contributed by atoms with Crippen molar-refractivity contribution in [2.45, 2.75) is 13.8 Å². The molecule has 3 rings (SSSR count). The van der Waals surface area contributed by atoms with Crippen LogP contribution in [0.25, 0.3) is 5.65 Å². The fourth-order valence-corrected chi connectivity index (χ4v) is 2.72. The fraction of sp³-hybridized carbons (Fsp3) is 0.250. The SMILES string of the molecule is CCN(CC(=O)Nc1ccc(OC)cc1)C(=O)c1cn2ccc(C)cc2n1. The first kappa shape index (κ1) is 18.4. The fourth-order valence-electron chi connectivity index (χ4n) is 2.72. The lowest BCUT2D eigenvalue weighted by Crippen LogP contribution is -2.38. The van der Waals surface area contributed by atoms with Gasteiger partial charge in [-0.2, -0.15) is 0 Å². The van der Waals surface area contributed by atoms with Crippen LogP contribution < -0.4 is 10.1 Å². The van der Waals surface area contributed by atoms with Crippen LogP contribution in [0, 0.1) is 6.92 Å². The molecule has 0 spiro atoms. The zero-order valence-electron chi connectivity index (χ0n) is 15.6. The molecule has 1 aromatic carbocycles. The predicted octanol–water partition coefficient (Wildman–Crippen LogP) is 2.75. The van der Waals surface area contributed by atoms with E-state index in [1.807, 2.05) is 32.2 Å². The molecule has 0 aliphatic carbocycles. The average molecular weight is 366 g/mol. The minimum absolute atomic E-state index is 0.0474. The highest BCUT2D eigenvalue weighted by molar-refractivity contribution is 5.98. The minimum atomic E-state index is -0.274. The summed E-state index contributed by atoms with van der Waals surface area (Å²) in [5.74, 6) is 0.166. The summed E-state index contributed by atoms with van der Waals surface area (Å²) >= 11 is 0. The van der Waals surface area contributed by atoms with Gasteiger partial charge >= 0.3 is 0 Å². The summed E-state index contributed by atoms with van der Waals surface area (Å²) in [6.45, 7) is 4.16. The van der Waals surface area contributed by atoms with E-state index in [2.05, 4.69) is 10.3 Å². The summed E-state index contributed by atoms with van der Waals surface area (Å²) in [6, 6.07) is 10.9. The van der Waals surface area contributed by atoms with Gasteiger partial charge in [0.2, 0.25) is 5.91 Å². The number of methoxy groups -OCH3 is 1. The maximum Gasteiger partial charge on any atom is 0.274 e. The van der Waals surface area contributed by atoms with Crippen molar-refractivity contribution in [1.29, 1.82) is 0 Å². The third-order valence-electron chi connectivity index (χ3n) is 4.21. The van der Waals surface area contributed by atoms with Crippen LogP contribution in [0.5, 0.6) is 5.75 Å². The number of fused-ring (bicyclic) bond motifs is 1. The highest BCUT2D eigenvalue weighted by Crippen LogP contribution is 2.15. The molecule has 3 aromatic rings. The maximum atomic E-state index is 12.8. The van der Waals surface area contributed by atoms with E-state index in [1.165, 1.54) is 4.90 Å². The molecule has 0 radical (unpaired) electrons. The highest BCUT2D eigenvalue weighted by Gasteiger charge is 2.20. The van der Waals surface area contributed by atoms with Gasteiger partial charge in [-0.1, -0.05) is 0 Å². The third-order valence-corrected chi connectivity index (χ3v) is 4.21. The largest absolute Gasteiger partial charge is 0.497 e. The number of imidazole rings is 1. The summed E-state index contributed by atoms with van der Waals surface area (Å²) in [6.07, 6.45) is 3.54. The number of ether oxygens (including phenoxy) is 1. The number of pyridine rings is 1. The Bertz CT molecular complexity index is 963. The predicted molar refractivity (Wildman–Crippen MR) is 103 cm³/mol. The molecule has 7 nitrogen and oxygen atoms in total. The van der Waals surface area contributed by atoms with E-state index < -0.39 is 0 Å². The molecule has 2 heterocycles. The molecule has 0 atom stereocenters. The van der Waals surface area contributed by atoms with Crippen LogP contribution in [0.15, 0.2) is 48.8 Å². The van der Waals surface area contributed by atoms with Gasteiger partial charge in [0.25, 0.3) is 5.91 Å². The number of hydrogen-bond donors (Lipinski definition) is 1. The van der Waals surface area contributed by atoms with Crippen LogP contribution in [0.1, 0.15) is 23.0 Å². The summed E-state index contributed by atoms with van der Waals surface area (Å²) in [7, 11) is 1.58. The number of hydrogen-bond acceptors (Lipinski definition) is 4. The molecule has 27 heavy (non-hydrogen) atoms. The number of aromatic nitrogens is 2. The van der Waals surface area contributed by atoms with Gasteiger partial charge in [-0.25, -0.2) is 4.98 Å². The average Bonchev–Trinajstić information content (AvgIpc) is 3.09. The number of nitrogens with one attached hydrogen (secondary N) is 1. The molecule has 7 heteroatoms. The molecule has 2 aromatic heterocycles. The van der Waals surface area contributed by atoms with Crippen molar-refractivity contribution in [1.82, 2.24) is 14.3 Å². The number of nitrogens with zero attached hydrogens (tertiary/aromatic N) is 3.